The molecule has 2 aromatic rings. The minimum absolute atomic E-state index is 0.0208. The van der Waals surface area contributed by atoms with Crippen LogP contribution in [0.25, 0.3) is 0 Å². The molecule has 1 aliphatic carbocycles. The minimum atomic E-state index is 0.0208. The largest absolute Gasteiger partial charge is 0.331 e. The number of rotatable bonds is 4. The third-order valence-electron chi connectivity index (χ3n) is 3.50. The molecule has 108 valence electrons. The predicted octanol–water partition coefficient (Wildman–Crippen LogP) is 4.30. The first-order chi connectivity index (χ1) is 10.1. The van der Waals surface area contributed by atoms with E-state index in [1.807, 2.05) is 29.2 Å². The fourth-order valence-corrected chi connectivity index (χ4v) is 2.79. The zero-order chi connectivity index (χ0) is 14.8. The van der Waals surface area contributed by atoms with Gasteiger partial charge in [0, 0.05) is 23.8 Å². The van der Waals surface area contributed by atoms with Crippen LogP contribution in [0.15, 0.2) is 47.2 Å². The quantitative estimate of drug-likeness (QED) is 0.757. The Balaban J connectivity index is 1.83. The third-order valence-corrected chi connectivity index (χ3v) is 4.39. The van der Waals surface area contributed by atoms with Crippen LogP contribution in [0.1, 0.15) is 28.8 Å². The number of halogens is 2. The van der Waals surface area contributed by atoms with Gasteiger partial charge in [-0.2, -0.15) is 0 Å². The lowest BCUT2D eigenvalue weighted by molar-refractivity contribution is 0.0728. The predicted molar refractivity (Wildman–Crippen MR) is 86.3 cm³/mol. The van der Waals surface area contributed by atoms with E-state index < -0.39 is 0 Å². The van der Waals surface area contributed by atoms with Crippen LogP contribution in [0.2, 0.25) is 5.02 Å². The molecule has 1 fully saturated rings. The van der Waals surface area contributed by atoms with Crippen molar-refractivity contribution in [2.75, 3.05) is 0 Å². The SMILES string of the molecule is O=C(c1cccnc1Br)N(Cc1ccc(Cl)cc1)C1CC1. The Morgan fingerprint density at radius 3 is 2.62 bits per heavy atom. The second kappa shape index (κ2) is 6.16. The Morgan fingerprint density at radius 2 is 2.00 bits per heavy atom. The van der Waals surface area contributed by atoms with Gasteiger partial charge in [-0.3, -0.25) is 4.79 Å². The molecule has 1 heterocycles. The molecule has 3 nitrogen and oxygen atoms in total. The van der Waals surface area contributed by atoms with Gasteiger partial charge in [-0.25, -0.2) is 4.98 Å². The fourth-order valence-electron chi connectivity index (χ4n) is 2.24. The van der Waals surface area contributed by atoms with Gasteiger partial charge < -0.3 is 4.90 Å². The van der Waals surface area contributed by atoms with Crippen molar-refractivity contribution >= 4 is 33.4 Å². The number of amides is 1. The van der Waals surface area contributed by atoms with E-state index in [2.05, 4.69) is 20.9 Å². The molecule has 5 heteroatoms. The van der Waals surface area contributed by atoms with Crippen LogP contribution in [0.5, 0.6) is 0 Å². The first-order valence-corrected chi connectivity index (χ1v) is 7.98. The van der Waals surface area contributed by atoms with Crippen molar-refractivity contribution in [3.05, 3.63) is 63.3 Å². The average molecular weight is 366 g/mol. The number of carbonyl (C=O) groups excluding carboxylic acids is 1. The summed E-state index contributed by atoms with van der Waals surface area (Å²) in [7, 11) is 0. The summed E-state index contributed by atoms with van der Waals surface area (Å²) < 4.78 is 0.594. The van der Waals surface area contributed by atoms with E-state index in [1.165, 1.54) is 0 Å². The van der Waals surface area contributed by atoms with Crippen LogP contribution in [0.3, 0.4) is 0 Å². The lowest BCUT2D eigenvalue weighted by Gasteiger charge is -2.23. The van der Waals surface area contributed by atoms with Crippen LogP contribution in [0.4, 0.5) is 0 Å². The maximum Gasteiger partial charge on any atom is 0.257 e. The van der Waals surface area contributed by atoms with E-state index in [9.17, 15) is 4.79 Å². The van der Waals surface area contributed by atoms with Gasteiger partial charge in [-0.15, -0.1) is 0 Å². The highest BCUT2D eigenvalue weighted by atomic mass is 79.9. The van der Waals surface area contributed by atoms with Crippen molar-refractivity contribution in [2.45, 2.75) is 25.4 Å². The van der Waals surface area contributed by atoms with Gasteiger partial charge in [0.1, 0.15) is 4.60 Å². The van der Waals surface area contributed by atoms with Crippen molar-refractivity contribution < 1.29 is 4.79 Å². The van der Waals surface area contributed by atoms with E-state index >= 15 is 0 Å². The average Bonchev–Trinajstić information content (AvgIpc) is 3.31. The highest BCUT2D eigenvalue weighted by Crippen LogP contribution is 2.31. The van der Waals surface area contributed by atoms with Crippen LogP contribution in [-0.4, -0.2) is 21.8 Å². The van der Waals surface area contributed by atoms with Crippen molar-refractivity contribution in [1.82, 2.24) is 9.88 Å². The Kier molecular flexibility index (Phi) is 4.27. The molecule has 1 saturated carbocycles. The van der Waals surface area contributed by atoms with E-state index in [-0.39, 0.29) is 5.91 Å². The van der Waals surface area contributed by atoms with Crippen LogP contribution in [-0.2, 0) is 6.54 Å². The molecule has 1 aromatic heterocycles. The van der Waals surface area contributed by atoms with Gasteiger partial charge in [0.05, 0.1) is 5.56 Å². The first-order valence-electron chi connectivity index (χ1n) is 6.81. The highest BCUT2D eigenvalue weighted by Gasteiger charge is 2.33. The number of hydrogen-bond acceptors (Lipinski definition) is 2. The summed E-state index contributed by atoms with van der Waals surface area (Å²) in [5, 5.41) is 0.707. The zero-order valence-corrected chi connectivity index (χ0v) is 13.6. The van der Waals surface area contributed by atoms with Crippen LogP contribution in [0, 0.1) is 0 Å². The summed E-state index contributed by atoms with van der Waals surface area (Å²) >= 11 is 9.26. The van der Waals surface area contributed by atoms with Gasteiger partial charge in [-0.05, 0) is 58.6 Å². The van der Waals surface area contributed by atoms with Gasteiger partial charge in [0.15, 0.2) is 0 Å². The molecule has 1 aromatic carbocycles. The molecular formula is C16H14BrClN2O. The number of pyridine rings is 1. The fraction of sp³-hybridized carbons (Fsp3) is 0.250. The van der Waals surface area contributed by atoms with Crippen molar-refractivity contribution in [3.63, 3.8) is 0 Å². The minimum Gasteiger partial charge on any atom is -0.331 e. The van der Waals surface area contributed by atoms with E-state index in [4.69, 9.17) is 11.6 Å². The van der Waals surface area contributed by atoms with E-state index in [1.54, 1.807) is 18.3 Å². The normalized spacial score (nSPS) is 14.0. The Morgan fingerprint density at radius 1 is 1.29 bits per heavy atom. The third kappa shape index (κ3) is 3.44. The number of hydrogen-bond donors (Lipinski definition) is 0. The number of aromatic nitrogens is 1. The van der Waals surface area contributed by atoms with Crippen LogP contribution < -0.4 is 0 Å². The van der Waals surface area contributed by atoms with Gasteiger partial charge in [0.2, 0.25) is 0 Å². The Bertz CT molecular complexity index is 656. The van der Waals surface area contributed by atoms with E-state index in [0.717, 1.165) is 18.4 Å². The maximum absolute atomic E-state index is 12.7. The van der Waals surface area contributed by atoms with Crippen molar-refractivity contribution in [3.8, 4) is 0 Å². The molecule has 0 N–H and O–H groups in total. The van der Waals surface area contributed by atoms with Crippen LogP contribution >= 0.6 is 27.5 Å². The second-order valence-corrected chi connectivity index (χ2v) is 6.32. The topological polar surface area (TPSA) is 33.2 Å². The lowest BCUT2D eigenvalue weighted by atomic mass is 10.2. The summed E-state index contributed by atoms with van der Waals surface area (Å²) in [5.74, 6) is 0.0208. The summed E-state index contributed by atoms with van der Waals surface area (Å²) in [6.45, 7) is 0.599. The van der Waals surface area contributed by atoms with Gasteiger partial charge >= 0.3 is 0 Å². The Labute approximate surface area is 137 Å². The van der Waals surface area contributed by atoms with Crippen molar-refractivity contribution in [1.29, 1.82) is 0 Å². The molecule has 0 radical (unpaired) electrons. The Hall–Kier alpha value is -1.39. The smallest absolute Gasteiger partial charge is 0.257 e. The molecule has 0 spiro atoms. The molecule has 0 saturated heterocycles. The molecule has 0 unspecified atom stereocenters. The zero-order valence-electron chi connectivity index (χ0n) is 11.3. The summed E-state index contributed by atoms with van der Waals surface area (Å²) in [5.41, 5.74) is 1.69. The molecule has 3 rings (SSSR count). The lowest BCUT2D eigenvalue weighted by Crippen LogP contribution is -2.32. The molecule has 1 aliphatic rings. The highest BCUT2D eigenvalue weighted by molar-refractivity contribution is 9.10. The molecule has 0 bridgehead atoms. The monoisotopic (exact) mass is 364 g/mol. The standard InChI is InChI=1S/C16H14BrClN2O/c17-15-14(2-1-9-19-15)16(21)20(13-7-8-13)10-11-3-5-12(18)6-4-11/h1-6,9,13H,7-8,10H2. The van der Waals surface area contributed by atoms with Gasteiger partial charge in [0.25, 0.3) is 5.91 Å². The number of nitrogens with zero attached hydrogens (tertiary/aromatic N) is 2. The molecular weight excluding hydrogens is 352 g/mol. The molecule has 1 amide bonds. The summed E-state index contributed by atoms with van der Waals surface area (Å²) in [6, 6.07) is 11.5. The molecule has 21 heavy (non-hydrogen) atoms. The number of benzene rings is 1. The van der Waals surface area contributed by atoms with Crippen molar-refractivity contribution in [2.24, 2.45) is 0 Å². The van der Waals surface area contributed by atoms with Gasteiger partial charge in [-0.1, -0.05) is 23.7 Å². The molecule has 0 aliphatic heterocycles. The maximum atomic E-state index is 12.7. The van der Waals surface area contributed by atoms with E-state index in [0.29, 0.717) is 27.8 Å². The first kappa shape index (κ1) is 14.5. The summed E-state index contributed by atoms with van der Waals surface area (Å²) in [6.07, 6.45) is 3.80. The summed E-state index contributed by atoms with van der Waals surface area (Å²) in [4.78, 5) is 18.8. The number of carbonyl (C=O) groups is 1. The molecule has 0 atom stereocenters. The second-order valence-electron chi connectivity index (χ2n) is 5.13.